The first kappa shape index (κ1) is 12.1. The average molecular weight is 247 g/mol. The van der Waals surface area contributed by atoms with Gasteiger partial charge < -0.3 is 10.8 Å². The Balaban J connectivity index is 2.13. The van der Waals surface area contributed by atoms with Gasteiger partial charge in [-0.15, -0.1) is 0 Å². The molecule has 17 heavy (non-hydrogen) atoms. The summed E-state index contributed by atoms with van der Waals surface area (Å²) in [5.74, 6) is 0. The molecule has 2 unspecified atom stereocenters. The van der Waals surface area contributed by atoms with Gasteiger partial charge in [-0.3, -0.25) is 9.88 Å². The van der Waals surface area contributed by atoms with Crippen molar-refractivity contribution in [3.05, 3.63) is 24.0 Å². The maximum absolute atomic E-state index is 12.3. The van der Waals surface area contributed by atoms with E-state index in [9.17, 15) is 18.3 Å². The number of β-amino-alcohol motifs (C(OH)–C–C–N with tert-alkyl or cyclic N) is 1. The van der Waals surface area contributed by atoms with E-state index in [2.05, 4.69) is 4.98 Å². The summed E-state index contributed by atoms with van der Waals surface area (Å²) in [7, 11) is 0. The van der Waals surface area contributed by atoms with E-state index in [0.717, 1.165) is 4.90 Å². The van der Waals surface area contributed by atoms with Crippen LogP contribution in [-0.2, 0) is 0 Å². The number of halogens is 3. The van der Waals surface area contributed by atoms with Crippen LogP contribution in [0.5, 0.6) is 0 Å². The van der Waals surface area contributed by atoms with Crippen molar-refractivity contribution in [3.8, 4) is 0 Å². The van der Waals surface area contributed by atoms with Gasteiger partial charge in [0.05, 0.1) is 24.4 Å². The van der Waals surface area contributed by atoms with Gasteiger partial charge in [0, 0.05) is 18.4 Å². The van der Waals surface area contributed by atoms with Crippen LogP contribution in [0.1, 0.15) is 11.7 Å². The number of anilines is 1. The molecule has 94 valence electrons. The van der Waals surface area contributed by atoms with Gasteiger partial charge >= 0.3 is 6.18 Å². The second kappa shape index (κ2) is 4.15. The normalized spacial score (nSPS) is 25.6. The fourth-order valence-corrected chi connectivity index (χ4v) is 1.96. The minimum Gasteiger partial charge on any atom is -0.399 e. The zero-order valence-corrected chi connectivity index (χ0v) is 8.85. The molecule has 1 aromatic rings. The second-order valence-electron chi connectivity index (χ2n) is 4.07. The molecule has 2 heterocycles. The molecule has 1 saturated heterocycles. The van der Waals surface area contributed by atoms with Crippen molar-refractivity contribution in [1.29, 1.82) is 0 Å². The Hall–Kier alpha value is -1.34. The smallest absolute Gasteiger partial charge is 0.399 e. The van der Waals surface area contributed by atoms with Crippen LogP contribution in [0.15, 0.2) is 18.3 Å². The molecular weight excluding hydrogens is 235 g/mol. The van der Waals surface area contributed by atoms with Crippen molar-refractivity contribution in [3.63, 3.8) is 0 Å². The lowest BCUT2D eigenvalue weighted by Gasteiger charge is -2.45. The molecule has 0 amide bonds. The molecule has 0 aromatic carbocycles. The van der Waals surface area contributed by atoms with Crippen LogP contribution in [0.3, 0.4) is 0 Å². The lowest BCUT2D eigenvalue weighted by Crippen LogP contribution is -2.56. The summed E-state index contributed by atoms with van der Waals surface area (Å²) >= 11 is 0. The third-order valence-corrected chi connectivity index (χ3v) is 2.67. The van der Waals surface area contributed by atoms with Gasteiger partial charge in [-0.2, -0.15) is 13.2 Å². The SMILES string of the molecule is Nc1ccnc(C2C(O)CN2CC(F)(F)F)c1. The van der Waals surface area contributed by atoms with E-state index in [4.69, 9.17) is 5.73 Å². The zero-order valence-electron chi connectivity index (χ0n) is 8.85. The van der Waals surface area contributed by atoms with E-state index in [1.54, 1.807) is 6.07 Å². The Morgan fingerprint density at radius 3 is 2.76 bits per heavy atom. The number of nitrogens with two attached hydrogens (primary N) is 1. The monoisotopic (exact) mass is 247 g/mol. The number of pyridine rings is 1. The van der Waals surface area contributed by atoms with E-state index >= 15 is 0 Å². The van der Waals surface area contributed by atoms with Gasteiger partial charge in [-0.1, -0.05) is 0 Å². The Morgan fingerprint density at radius 2 is 2.24 bits per heavy atom. The molecule has 7 heteroatoms. The predicted molar refractivity (Wildman–Crippen MR) is 55.0 cm³/mol. The van der Waals surface area contributed by atoms with Gasteiger partial charge in [0.15, 0.2) is 0 Å². The van der Waals surface area contributed by atoms with Gasteiger partial charge in [-0.25, -0.2) is 0 Å². The maximum Gasteiger partial charge on any atom is 0.401 e. The number of aliphatic hydroxyl groups is 1. The summed E-state index contributed by atoms with van der Waals surface area (Å²) in [5, 5.41) is 9.53. The number of nitrogen functional groups attached to an aromatic ring is 1. The van der Waals surface area contributed by atoms with Crippen LogP contribution in [0.25, 0.3) is 0 Å². The molecule has 1 fully saturated rings. The number of rotatable bonds is 2. The van der Waals surface area contributed by atoms with Crippen LogP contribution in [0.2, 0.25) is 0 Å². The molecule has 1 aliphatic heterocycles. The van der Waals surface area contributed by atoms with Gasteiger partial charge in [0.1, 0.15) is 0 Å². The number of nitrogens with zero attached hydrogens (tertiary/aromatic N) is 2. The Morgan fingerprint density at radius 1 is 1.53 bits per heavy atom. The van der Waals surface area contributed by atoms with Crippen molar-refractivity contribution < 1.29 is 18.3 Å². The second-order valence-corrected chi connectivity index (χ2v) is 4.07. The highest BCUT2D eigenvalue weighted by Gasteiger charge is 2.45. The molecule has 3 N–H and O–H groups in total. The largest absolute Gasteiger partial charge is 0.401 e. The molecule has 0 aliphatic carbocycles. The summed E-state index contributed by atoms with van der Waals surface area (Å²) in [6, 6.07) is 2.30. The highest BCUT2D eigenvalue weighted by molar-refractivity contribution is 5.38. The van der Waals surface area contributed by atoms with Crippen molar-refractivity contribution in [1.82, 2.24) is 9.88 Å². The van der Waals surface area contributed by atoms with Gasteiger partial charge in [0.2, 0.25) is 0 Å². The van der Waals surface area contributed by atoms with Crippen molar-refractivity contribution in [2.45, 2.75) is 18.3 Å². The van der Waals surface area contributed by atoms with E-state index < -0.39 is 24.9 Å². The molecule has 0 bridgehead atoms. The van der Waals surface area contributed by atoms with Crippen LogP contribution in [-0.4, -0.2) is 40.4 Å². The summed E-state index contributed by atoms with van der Waals surface area (Å²) in [6.07, 6.45) is -3.69. The predicted octanol–water partition coefficient (Wildman–Crippen LogP) is 0.944. The van der Waals surface area contributed by atoms with Crippen molar-refractivity contribution in [2.75, 3.05) is 18.8 Å². The molecule has 0 radical (unpaired) electrons. The van der Waals surface area contributed by atoms with Gasteiger partial charge in [-0.05, 0) is 12.1 Å². The maximum atomic E-state index is 12.3. The molecule has 1 aromatic heterocycles. The van der Waals surface area contributed by atoms with Crippen molar-refractivity contribution in [2.24, 2.45) is 0 Å². The number of aromatic nitrogens is 1. The van der Waals surface area contributed by atoms with Gasteiger partial charge in [0.25, 0.3) is 0 Å². The lowest BCUT2D eigenvalue weighted by atomic mass is 9.95. The Labute approximate surface area is 95.9 Å². The molecule has 0 saturated carbocycles. The lowest BCUT2D eigenvalue weighted by molar-refractivity contribution is -0.182. The first-order chi connectivity index (χ1) is 7.87. The summed E-state index contributed by atoms with van der Waals surface area (Å²) in [5.41, 5.74) is 6.32. The molecule has 1 aliphatic rings. The molecule has 0 spiro atoms. The first-order valence-electron chi connectivity index (χ1n) is 5.07. The number of hydrogen-bond donors (Lipinski definition) is 2. The summed E-state index contributed by atoms with van der Waals surface area (Å²) < 4.78 is 36.8. The van der Waals surface area contributed by atoms with E-state index in [0.29, 0.717) is 11.4 Å². The zero-order chi connectivity index (χ0) is 12.6. The Kier molecular flexibility index (Phi) is 2.96. The third-order valence-electron chi connectivity index (χ3n) is 2.67. The number of aliphatic hydroxyl groups excluding tert-OH is 1. The molecule has 2 atom stereocenters. The van der Waals surface area contributed by atoms with Crippen LogP contribution in [0.4, 0.5) is 18.9 Å². The van der Waals surface area contributed by atoms with E-state index in [1.165, 1.54) is 12.3 Å². The number of likely N-dealkylation sites (tertiary alicyclic amines) is 1. The molecule has 2 rings (SSSR count). The average Bonchev–Trinajstić information content (AvgIpc) is 2.14. The van der Waals surface area contributed by atoms with Crippen molar-refractivity contribution >= 4 is 5.69 Å². The Bertz CT molecular complexity index is 410. The highest BCUT2D eigenvalue weighted by atomic mass is 19.4. The fourth-order valence-electron chi connectivity index (χ4n) is 1.96. The quantitative estimate of drug-likeness (QED) is 0.816. The summed E-state index contributed by atoms with van der Waals surface area (Å²) in [4.78, 5) is 5.07. The standard InChI is InChI=1S/C10H12F3N3O/c11-10(12,13)5-16-4-8(17)9(16)7-3-6(14)1-2-15-7/h1-3,8-9,17H,4-5H2,(H2,14,15). The highest BCUT2D eigenvalue weighted by Crippen LogP contribution is 2.35. The number of hydrogen-bond acceptors (Lipinski definition) is 4. The van der Waals surface area contributed by atoms with Crippen LogP contribution in [0, 0.1) is 0 Å². The number of alkyl halides is 3. The minimum absolute atomic E-state index is 0.000651. The van der Waals surface area contributed by atoms with E-state index in [1.807, 2.05) is 0 Å². The fraction of sp³-hybridized carbons (Fsp3) is 0.500. The third kappa shape index (κ3) is 2.67. The first-order valence-corrected chi connectivity index (χ1v) is 5.07. The summed E-state index contributed by atoms with van der Waals surface area (Å²) in [6.45, 7) is -1.05. The van der Waals surface area contributed by atoms with Crippen LogP contribution >= 0.6 is 0 Å². The minimum atomic E-state index is -4.28. The molecule has 4 nitrogen and oxygen atoms in total. The van der Waals surface area contributed by atoms with Crippen LogP contribution < -0.4 is 5.73 Å². The molecular formula is C10H12F3N3O. The topological polar surface area (TPSA) is 62.4 Å². The van der Waals surface area contributed by atoms with E-state index in [-0.39, 0.29) is 6.54 Å².